The molecule has 0 spiro atoms. The molecule has 9 heteroatoms. The summed E-state index contributed by atoms with van der Waals surface area (Å²) in [6.45, 7) is 2.63. The fourth-order valence-corrected chi connectivity index (χ4v) is 3.20. The molecule has 0 bridgehead atoms. The van der Waals surface area contributed by atoms with E-state index in [2.05, 4.69) is 26.3 Å². The molecule has 1 aromatic carbocycles. The van der Waals surface area contributed by atoms with Gasteiger partial charge >= 0.3 is 0 Å². The Morgan fingerprint density at radius 3 is 2.92 bits per heavy atom. The molecule has 1 aliphatic heterocycles. The number of fused-ring (bicyclic) bond motifs is 1. The molecule has 0 radical (unpaired) electrons. The summed E-state index contributed by atoms with van der Waals surface area (Å²) < 4.78 is 7.01. The van der Waals surface area contributed by atoms with Gasteiger partial charge in [0.25, 0.3) is 0 Å². The van der Waals surface area contributed by atoms with Crippen LogP contribution in [0.1, 0.15) is 17.4 Å². The Kier molecular flexibility index (Phi) is 4.49. The first kappa shape index (κ1) is 17.2. The van der Waals surface area contributed by atoms with E-state index in [9.17, 15) is 10.2 Å². The third kappa shape index (κ3) is 3.12. The standard InChI is InChI=1S/C17H18ClN5O3/c1-9-3-2-4-10(5-9)6-19-14-12-15(22-17(18)21-14)23(8-20-12)16-13(25)11(24)7-26-16/h2-5,8,11,13,16,24-25H,6-7H2,1H3,(H,19,21,22)/t11?,13-,16+/m0/s1. The molecule has 2 aromatic heterocycles. The van der Waals surface area contributed by atoms with E-state index in [1.807, 2.05) is 25.1 Å². The number of aromatic nitrogens is 4. The molecule has 1 aliphatic rings. The lowest BCUT2D eigenvalue weighted by Crippen LogP contribution is -2.28. The van der Waals surface area contributed by atoms with E-state index in [1.54, 1.807) is 4.57 Å². The molecule has 3 N–H and O–H groups in total. The van der Waals surface area contributed by atoms with Crippen LogP contribution < -0.4 is 5.32 Å². The van der Waals surface area contributed by atoms with Crippen LogP contribution in [0.2, 0.25) is 5.28 Å². The normalized spacial score (nSPS) is 22.8. The Morgan fingerprint density at radius 2 is 2.19 bits per heavy atom. The van der Waals surface area contributed by atoms with E-state index in [4.69, 9.17) is 16.3 Å². The summed E-state index contributed by atoms with van der Waals surface area (Å²) in [5.41, 5.74) is 3.21. The van der Waals surface area contributed by atoms with Gasteiger partial charge in [0.2, 0.25) is 5.28 Å². The second kappa shape index (κ2) is 6.81. The average Bonchev–Trinajstić information content (AvgIpc) is 3.17. The monoisotopic (exact) mass is 375 g/mol. The summed E-state index contributed by atoms with van der Waals surface area (Å²) in [7, 11) is 0. The number of nitrogens with one attached hydrogen (secondary N) is 1. The van der Waals surface area contributed by atoms with Crippen molar-refractivity contribution < 1.29 is 14.9 Å². The van der Waals surface area contributed by atoms with Crippen molar-refractivity contribution in [2.75, 3.05) is 11.9 Å². The number of aryl methyl sites for hydroxylation is 1. The maximum absolute atomic E-state index is 10.1. The molecular weight excluding hydrogens is 358 g/mol. The number of ether oxygens (including phenoxy) is 1. The molecule has 4 rings (SSSR count). The third-order valence-electron chi connectivity index (χ3n) is 4.33. The number of hydrogen-bond donors (Lipinski definition) is 3. The van der Waals surface area contributed by atoms with E-state index < -0.39 is 18.4 Å². The molecule has 0 amide bonds. The summed E-state index contributed by atoms with van der Waals surface area (Å²) in [6, 6.07) is 8.12. The van der Waals surface area contributed by atoms with Crippen LogP contribution in [-0.2, 0) is 11.3 Å². The third-order valence-corrected chi connectivity index (χ3v) is 4.50. The van der Waals surface area contributed by atoms with Crippen LogP contribution in [0.15, 0.2) is 30.6 Å². The van der Waals surface area contributed by atoms with E-state index >= 15 is 0 Å². The second-order valence-corrected chi connectivity index (χ2v) is 6.63. The smallest absolute Gasteiger partial charge is 0.226 e. The predicted octanol–water partition coefficient (Wildman–Crippen LogP) is 1.65. The first-order valence-electron chi connectivity index (χ1n) is 8.20. The fourth-order valence-electron chi connectivity index (χ4n) is 3.04. The molecular formula is C17H18ClN5O3. The Balaban J connectivity index is 1.66. The van der Waals surface area contributed by atoms with Crippen molar-refractivity contribution in [3.8, 4) is 0 Å². The van der Waals surface area contributed by atoms with Crippen LogP contribution in [0.5, 0.6) is 0 Å². The quantitative estimate of drug-likeness (QED) is 0.595. The molecule has 0 aliphatic carbocycles. The number of rotatable bonds is 4. The molecule has 1 saturated heterocycles. The first-order valence-corrected chi connectivity index (χ1v) is 8.58. The zero-order valence-corrected chi connectivity index (χ0v) is 14.8. The minimum Gasteiger partial charge on any atom is -0.388 e. The molecule has 8 nitrogen and oxygen atoms in total. The number of anilines is 1. The SMILES string of the molecule is Cc1cccc(CNc2nc(Cl)nc3c2ncn3[C@@H]2OCC(O)[C@@H]2O)c1. The van der Waals surface area contributed by atoms with Gasteiger partial charge in [0.15, 0.2) is 23.2 Å². The topological polar surface area (TPSA) is 105 Å². The van der Waals surface area contributed by atoms with Gasteiger partial charge in [-0.05, 0) is 24.1 Å². The van der Waals surface area contributed by atoms with Crippen molar-refractivity contribution in [2.45, 2.75) is 31.9 Å². The number of nitrogens with zero attached hydrogens (tertiary/aromatic N) is 4. The van der Waals surface area contributed by atoms with Gasteiger partial charge in [-0.2, -0.15) is 9.97 Å². The highest BCUT2D eigenvalue weighted by molar-refractivity contribution is 6.28. The fraction of sp³-hybridized carbons (Fsp3) is 0.353. The van der Waals surface area contributed by atoms with Crippen LogP contribution in [0.3, 0.4) is 0 Å². The van der Waals surface area contributed by atoms with Crippen molar-refractivity contribution in [1.29, 1.82) is 0 Å². The Labute approximate surface area is 154 Å². The maximum atomic E-state index is 10.1. The van der Waals surface area contributed by atoms with Crippen LogP contribution in [0.25, 0.3) is 11.2 Å². The van der Waals surface area contributed by atoms with E-state index in [0.717, 1.165) is 5.56 Å². The maximum Gasteiger partial charge on any atom is 0.226 e. The Hall–Kier alpha value is -2.26. The number of halogens is 1. The highest BCUT2D eigenvalue weighted by Crippen LogP contribution is 2.29. The lowest BCUT2D eigenvalue weighted by molar-refractivity contribution is -0.0162. The summed E-state index contributed by atoms with van der Waals surface area (Å²) in [5.74, 6) is 0.494. The van der Waals surface area contributed by atoms with Gasteiger partial charge < -0.3 is 20.3 Å². The minimum atomic E-state index is -1.06. The minimum absolute atomic E-state index is 0.0444. The van der Waals surface area contributed by atoms with Crippen molar-refractivity contribution in [3.05, 3.63) is 47.0 Å². The lowest BCUT2D eigenvalue weighted by atomic mass is 10.1. The van der Waals surface area contributed by atoms with Gasteiger partial charge in [-0.1, -0.05) is 29.8 Å². The van der Waals surface area contributed by atoms with Gasteiger partial charge in [0.05, 0.1) is 12.9 Å². The molecule has 136 valence electrons. The van der Waals surface area contributed by atoms with E-state index in [0.29, 0.717) is 23.5 Å². The largest absolute Gasteiger partial charge is 0.388 e. The lowest BCUT2D eigenvalue weighted by Gasteiger charge is -2.16. The number of aliphatic hydroxyl groups excluding tert-OH is 2. The highest BCUT2D eigenvalue weighted by atomic mass is 35.5. The second-order valence-electron chi connectivity index (χ2n) is 6.29. The molecule has 26 heavy (non-hydrogen) atoms. The van der Waals surface area contributed by atoms with Gasteiger partial charge in [-0.25, -0.2) is 4.98 Å². The van der Waals surface area contributed by atoms with Crippen LogP contribution in [0.4, 0.5) is 5.82 Å². The highest BCUT2D eigenvalue weighted by Gasteiger charge is 2.37. The molecule has 3 atom stereocenters. The van der Waals surface area contributed by atoms with Crippen LogP contribution in [-0.4, -0.2) is 48.5 Å². The summed E-state index contributed by atoms with van der Waals surface area (Å²) >= 11 is 6.08. The van der Waals surface area contributed by atoms with Crippen molar-refractivity contribution in [3.63, 3.8) is 0 Å². The van der Waals surface area contributed by atoms with E-state index in [1.165, 1.54) is 11.9 Å². The zero-order chi connectivity index (χ0) is 18.3. The number of imidazole rings is 1. The van der Waals surface area contributed by atoms with Crippen LogP contribution in [0, 0.1) is 6.92 Å². The Morgan fingerprint density at radius 1 is 1.35 bits per heavy atom. The zero-order valence-electron chi connectivity index (χ0n) is 14.0. The summed E-state index contributed by atoms with van der Waals surface area (Å²) in [4.78, 5) is 12.8. The number of benzene rings is 1. The van der Waals surface area contributed by atoms with Crippen LogP contribution >= 0.6 is 11.6 Å². The van der Waals surface area contributed by atoms with Gasteiger partial charge in [-0.3, -0.25) is 4.57 Å². The summed E-state index contributed by atoms with van der Waals surface area (Å²) in [5, 5.41) is 23.1. The number of hydrogen-bond acceptors (Lipinski definition) is 7. The van der Waals surface area contributed by atoms with Crippen molar-refractivity contribution in [1.82, 2.24) is 19.5 Å². The Bertz CT molecular complexity index is 947. The molecule has 3 aromatic rings. The van der Waals surface area contributed by atoms with Crippen molar-refractivity contribution >= 4 is 28.6 Å². The van der Waals surface area contributed by atoms with Gasteiger partial charge in [0, 0.05) is 6.54 Å². The van der Waals surface area contributed by atoms with Gasteiger partial charge in [0.1, 0.15) is 12.2 Å². The first-order chi connectivity index (χ1) is 12.5. The molecule has 1 unspecified atom stereocenters. The van der Waals surface area contributed by atoms with Gasteiger partial charge in [-0.15, -0.1) is 0 Å². The molecule has 1 fully saturated rings. The van der Waals surface area contributed by atoms with Crippen molar-refractivity contribution in [2.24, 2.45) is 0 Å². The number of aliphatic hydroxyl groups is 2. The summed E-state index contributed by atoms with van der Waals surface area (Å²) in [6.07, 6.45) is -1.29. The van der Waals surface area contributed by atoms with E-state index in [-0.39, 0.29) is 11.9 Å². The molecule has 0 saturated carbocycles. The predicted molar refractivity (Wildman–Crippen MR) is 95.8 cm³/mol. The molecule has 3 heterocycles. The average molecular weight is 376 g/mol.